The van der Waals surface area contributed by atoms with Crippen LogP contribution >= 0.6 is 22.7 Å². The summed E-state index contributed by atoms with van der Waals surface area (Å²) in [5.41, 5.74) is 1.60. The van der Waals surface area contributed by atoms with Crippen LogP contribution in [0.2, 0.25) is 0 Å². The molecule has 3 aromatic rings. The Bertz CT molecular complexity index is 1130. The van der Waals surface area contributed by atoms with E-state index in [1.807, 2.05) is 5.38 Å². The molecule has 0 radical (unpaired) electrons. The molecule has 3 amide bonds. The van der Waals surface area contributed by atoms with Gasteiger partial charge in [-0.1, -0.05) is 26.0 Å². The number of para-hydroxylation sites is 2. The highest BCUT2D eigenvalue weighted by molar-refractivity contribution is 7.20. The molecule has 0 fully saturated rings. The van der Waals surface area contributed by atoms with Gasteiger partial charge in [0, 0.05) is 36.3 Å². The Morgan fingerprint density at radius 1 is 1.03 bits per heavy atom. The standard InChI is InChI=1S/C24H29N5O3S2/c1-15(2)14-19-21(29-24(34-19)23-26-12-13-33-23)22(32)25-11-7-6-10-20(31)28-18-9-5-4-8-17(18)27-16(3)30/h4-5,8-9,12-13,15H,6-7,10-11,14H2,1-3H3,(H,25,32)(H,27,30)(H,28,31). The van der Waals surface area contributed by atoms with Gasteiger partial charge < -0.3 is 16.0 Å². The van der Waals surface area contributed by atoms with Crippen LogP contribution < -0.4 is 16.0 Å². The zero-order valence-corrected chi connectivity index (χ0v) is 21.1. The smallest absolute Gasteiger partial charge is 0.271 e. The minimum atomic E-state index is -0.201. The molecular weight excluding hydrogens is 470 g/mol. The monoisotopic (exact) mass is 499 g/mol. The molecule has 1 aromatic carbocycles. The van der Waals surface area contributed by atoms with E-state index in [-0.39, 0.29) is 17.7 Å². The highest BCUT2D eigenvalue weighted by Crippen LogP contribution is 2.31. The second-order valence-corrected chi connectivity index (χ2v) is 10.2. The van der Waals surface area contributed by atoms with Crippen molar-refractivity contribution in [1.82, 2.24) is 15.3 Å². The zero-order chi connectivity index (χ0) is 24.5. The molecule has 0 atom stereocenters. The molecule has 0 aliphatic heterocycles. The minimum Gasteiger partial charge on any atom is -0.351 e. The Morgan fingerprint density at radius 2 is 1.76 bits per heavy atom. The van der Waals surface area contributed by atoms with Crippen molar-refractivity contribution in [1.29, 1.82) is 0 Å². The highest BCUT2D eigenvalue weighted by Gasteiger charge is 2.20. The van der Waals surface area contributed by atoms with E-state index >= 15 is 0 Å². The zero-order valence-electron chi connectivity index (χ0n) is 19.5. The van der Waals surface area contributed by atoms with Crippen LogP contribution in [-0.4, -0.2) is 34.2 Å². The first kappa shape index (κ1) is 25.5. The topological polar surface area (TPSA) is 113 Å². The normalized spacial score (nSPS) is 10.8. The van der Waals surface area contributed by atoms with Gasteiger partial charge in [0.05, 0.1) is 11.4 Å². The molecule has 2 heterocycles. The lowest BCUT2D eigenvalue weighted by Gasteiger charge is -2.11. The number of benzene rings is 1. The summed E-state index contributed by atoms with van der Waals surface area (Å²) in [7, 11) is 0. The van der Waals surface area contributed by atoms with Crippen molar-refractivity contribution in [2.45, 2.75) is 46.5 Å². The van der Waals surface area contributed by atoms with E-state index in [2.05, 4.69) is 39.8 Å². The van der Waals surface area contributed by atoms with Crippen molar-refractivity contribution in [3.8, 4) is 10.0 Å². The van der Waals surface area contributed by atoms with E-state index in [0.29, 0.717) is 48.8 Å². The van der Waals surface area contributed by atoms with E-state index in [1.54, 1.807) is 30.5 Å². The number of hydrogen-bond acceptors (Lipinski definition) is 7. The number of carbonyl (C=O) groups excluding carboxylic acids is 3. The molecule has 3 N–H and O–H groups in total. The SMILES string of the molecule is CC(=O)Nc1ccccc1NC(=O)CCCCNC(=O)c1nc(-c2nccs2)sc1CC(C)C. The second-order valence-electron chi connectivity index (χ2n) is 8.21. The highest BCUT2D eigenvalue weighted by atomic mass is 32.1. The maximum atomic E-state index is 12.8. The largest absolute Gasteiger partial charge is 0.351 e. The Hall–Kier alpha value is -3.11. The fraction of sp³-hybridized carbons (Fsp3) is 0.375. The third-order valence-corrected chi connectivity index (χ3v) is 6.74. The van der Waals surface area contributed by atoms with Gasteiger partial charge >= 0.3 is 0 Å². The molecule has 0 aliphatic carbocycles. The van der Waals surface area contributed by atoms with Crippen molar-refractivity contribution in [3.05, 3.63) is 46.4 Å². The van der Waals surface area contributed by atoms with E-state index in [0.717, 1.165) is 21.3 Å². The predicted molar refractivity (Wildman–Crippen MR) is 137 cm³/mol. The molecule has 10 heteroatoms. The van der Waals surface area contributed by atoms with Gasteiger partial charge in [-0.2, -0.15) is 0 Å². The van der Waals surface area contributed by atoms with Gasteiger partial charge in [-0.25, -0.2) is 9.97 Å². The molecule has 180 valence electrons. The lowest BCUT2D eigenvalue weighted by molar-refractivity contribution is -0.116. The third kappa shape index (κ3) is 7.46. The summed E-state index contributed by atoms with van der Waals surface area (Å²) in [5.74, 6) is -0.127. The van der Waals surface area contributed by atoms with Crippen molar-refractivity contribution in [2.24, 2.45) is 5.92 Å². The summed E-state index contributed by atoms with van der Waals surface area (Å²) in [5, 5.41) is 11.9. The molecule has 0 saturated carbocycles. The molecule has 8 nitrogen and oxygen atoms in total. The number of carbonyl (C=O) groups is 3. The average molecular weight is 500 g/mol. The van der Waals surface area contributed by atoms with Crippen LogP contribution in [0.25, 0.3) is 10.0 Å². The molecule has 3 rings (SSSR count). The number of anilines is 2. The number of unbranched alkanes of at least 4 members (excludes halogenated alkanes) is 1. The molecule has 34 heavy (non-hydrogen) atoms. The van der Waals surface area contributed by atoms with E-state index in [4.69, 9.17) is 0 Å². The first-order valence-electron chi connectivity index (χ1n) is 11.2. The van der Waals surface area contributed by atoms with Gasteiger partial charge in [-0.05, 0) is 37.3 Å². The molecule has 0 unspecified atom stereocenters. The van der Waals surface area contributed by atoms with E-state index < -0.39 is 0 Å². The number of nitrogens with zero attached hydrogens (tertiary/aromatic N) is 2. The molecule has 0 saturated heterocycles. The summed E-state index contributed by atoms with van der Waals surface area (Å²) < 4.78 is 0. The van der Waals surface area contributed by atoms with E-state index in [1.165, 1.54) is 29.6 Å². The molecular formula is C24H29N5O3S2. The van der Waals surface area contributed by atoms with Crippen LogP contribution in [0.1, 0.15) is 55.4 Å². The van der Waals surface area contributed by atoms with Crippen LogP contribution in [0.5, 0.6) is 0 Å². The van der Waals surface area contributed by atoms with Crippen molar-refractivity contribution in [3.63, 3.8) is 0 Å². The van der Waals surface area contributed by atoms with Gasteiger partial charge in [-0.3, -0.25) is 14.4 Å². The lowest BCUT2D eigenvalue weighted by atomic mass is 10.1. The summed E-state index contributed by atoms with van der Waals surface area (Å²) in [6.07, 6.45) is 4.11. The summed E-state index contributed by atoms with van der Waals surface area (Å²) in [6.45, 7) is 6.11. The minimum absolute atomic E-state index is 0.143. The number of hydrogen-bond donors (Lipinski definition) is 3. The Balaban J connectivity index is 1.48. The van der Waals surface area contributed by atoms with Crippen LogP contribution in [0.4, 0.5) is 11.4 Å². The van der Waals surface area contributed by atoms with Crippen LogP contribution in [0, 0.1) is 5.92 Å². The first-order chi connectivity index (χ1) is 16.3. The summed E-state index contributed by atoms with van der Waals surface area (Å²) >= 11 is 3.03. The number of nitrogens with one attached hydrogen (secondary N) is 3. The maximum Gasteiger partial charge on any atom is 0.271 e. The van der Waals surface area contributed by atoms with Gasteiger partial charge in [0.2, 0.25) is 11.8 Å². The molecule has 0 spiro atoms. The predicted octanol–water partition coefficient (Wildman–Crippen LogP) is 4.96. The van der Waals surface area contributed by atoms with Gasteiger partial charge in [0.15, 0.2) is 10.0 Å². The fourth-order valence-corrected chi connectivity index (χ4v) is 5.21. The van der Waals surface area contributed by atoms with Crippen LogP contribution in [-0.2, 0) is 16.0 Å². The summed E-state index contributed by atoms with van der Waals surface area (Å²) in [4.78, 5) is 46.3. The van der Waals surface area contributed by atoms with Crippen molar-refractivity contribution < 1.29 is 14.4 Å². The first-order valence-corrected chi connectivity index (χ1v) is 12.9. The maximum absolute atomic E-state index is 12.8. The lowest BCUT2D eigenvalue weighted by Crippen LogP contribution is -2.26. The number of amides is 3. The van der Waals surface area contributed by atoms with Crippen molar-refractivity contribution >= 4 is 51.8 Å². The molecule has 0 bridgehead atoms. The molecule has 0 aliphatic rings. The second kappa shape index (κ2) is 12.4. The van der Waals surface area contributed by atoms with Gasteiger partial charge in [0.25, 0.3) is 5.91 Å². The van der Waals surface area contributed by atoms with Crippen molar-refractivity contribution in [2.75, 3.05) is 17.2 Å². The average Bonchev–Trinajstić information content (AvgIpc) is 3.44. The Morgan fingerprint density at radius 3 is 2.41 bits per heavy atom. The molecule has 2 aromatic heterocycles. The number of thiazole rings is 2. The van der Waals surface area contributed by atoms with Crippen LogP contribution in [0.15, 0.2) is 35.8 Å². The number of aromatic nitrogens is 2. The Kier molecular flexibility index (Phi) is 9.29. The number of rotatable bonds is 11. The van der Waals surface area contributed by atoms with Gasteiger partial charge in [-0.15, -0.1) is 22.7 Å². The fourth-order valence-electron chi connectivity index (χ4n) is 3.26. The van der Waals surface area contributed by atoms with Gasteiger partial charge in [0.1, 0.15) is 5.69 Å². The summed E-state index contributed by atoms with van der Waals surface area (Å²) in [6, 6.07) is 7.06. The van der Waals surface area contributed by atoms with E-state index in [9.17, 15) is 14.4 Å². The van der Waals surface area contributed by atoms with Crippen LogP contribution in [0.3, 0.4) is 0 Å². The third-order valence-electron chi connectivity index (χ3n) is 4.75. The Labute approximate surface area is 207 Å². The quantitative estimate of drug-likeness (QED) is 0.323.